The summed E-state index contributed by atoms with van der Waals surface area (Å²) in [5.74, 6) is -1.96. The quantitative estimate of drug-likeness (QED) is 0.650. The first kappa shape index (κ1) is 19.9. The van der Waals surface area contributed by atoms with Crippen molar-refractivity contribution < 1.29 is 28.7 Å². The van der Waals surface area contributed by atoms with Gasteiger partial charge in [-0.15, -0.1) is 0 Å². The first-order valence-corrected chi connectivity index (χ1v) is 9.46. The largest absolute Gasteiger partial charge is 0.449 e. The van der Waals surface area contributed by atoms with Crippen LogP contribution in [0.4, 0.5) is 0 Å². The molecule has 28 heavy (non-hydrogen) atoms. The molecular weight excluding hydrogens is 364 g/mol. The van der Waals surface area contributed by atoms with Gasteiger partial charge in [0.05, 0.1) is 11.1 Å². The van der Waals surface area contributed by atoms with E-state index in [-0.39, 0.29) is 35.0 Å². The monoisotopic (exact) mass is 388 g/mol. The molecule has 2 unspecified atom stereocenters. The lowest BCUT2D eigenvalue weighted by atomic mass is 10.1. The van der Waals surface area contributed by atoms with E-state index in [1.165, 1.54) is 38.1 Å². The summed E-state index contributed by atoms with van der Waals surface area (Å²) in [6.07, 6.45) is 2.00. The third-order valence-electron chi connectivity index (χ3n) is 4.51. The predicted molar refractivity (Wildman–Crippen MR) is 98.5 cm³/mol. The van der Waals surface area contributed by atoms with Crippen LogP contribution in [-0.2, 0) is 19.1 Å². The third-order valence-corrected chi connectivity index (χ3v) is 4.51. The topological polar surface area (TPSA) is 111 Å². The Morgan fingerprint density at radius 2 is 1.07 bits per heavy atom. The van der Waals surface area contributed by atoms with Gasteiger partial charge in [0.1, 0.15) is 0 Å². The lowest BCUT2D eigenvalue weighted by molar-refractivity contribution is -0.129. The molecule has 2 aliphatic rings. The molecule has 1 aromatic rings. The summed E-state index contributed by atoms with van der Waals surface area (Å²) in [7, 11) is 0. The summed E-state index contributed by atoms with van der Waals surface area (Å²) in [5.41, 5.74) is 0.421. The predicted octanol–water partition coefficient (Wildman–Crippen LogP) is 1.33. The van der Waals surface area contributed by atoms with Crippen LogP contribution in [0.3, 0.4) is 0 Å². The number of rotatable bonds is 8. The minimum atomic E-state index is -0.899. The van der Waals surface area contributed by atoms with E-state index in [0.717, 1.165) is 25.7 Å². The van der Waals surface area contributed by atoms with Crippen LogP contribution in [-0.4, -0.2) is 48.0 Å². The van der Waals surface area contributed by atoms with Crippen molar-refractivity contribution in [3.05, 3.63) is 35.4 Å². The Balaban J connectivity index is 1.49. The lowest BCUT2D eigenvalue weighted by Gasteiger charge is -2.14. The second-order valence-electron chi connectivity index (χ2n) is 7.24. The molecule has 2 atom stereocenters. The molecule has 1 aromatic carbocycles. The van der Waals surface area contributed by atoms with Gasteiger partial charge in [-0.25, -0.2) is 9.59 Å². The number of amides is 2. The second-order valence-corrected chi connectivity index (χ2v) is 7.24. The van der Waals surface area contributed by atoms with E-state index in [1.807, 2.05) is 0 Å². The van der Waals surface area contributed by atoms with Gasteiger partial charge in [0, 0.05) is 12.1 Å². The Bertz CT molecular complexity index is 702. The number of carbonyl (C=O) groups is 4. The van der Waals surface area contributed by atoms with E-state index in [4.69, 9.17) is 9.47 Å². The standard InChI is InChI=1S/C20H24N2O6/c1-11(17(23)21-15-7-8-15)27-19(25)13-3-5-14(6-4-13)20(26)28-12(2)18(24)22-16-9-10-16/h3-6,11-12,15-16H,7-10H2,1-2H3,(H,21,23)(H,22,24). The first-order chi connectivity index (χ1) is 13.3. The normalized spacial score (nSPS) is 17.8. The van der Waals surface area contributed by atoms with E-state index in [1.54, 1.807) is 0 Å². The molecule has 8 nitrogen and oxygen atoms in total. The van der Waals surface area contributed by atoms with E-state index < -0.39 is 24.1 Å². The number of hydrogen-bond acceptors (Lipinski definition) is 6. The van der Waals surface area contributed by atoms with E-state index in [9.17, 15) is 19.2 Å². The highest BCUT2D eigenvalue weighted by molar-refractivity contribution is 5.95. The van der Waals surface area contributed by atoms with Crippen LogP contribution < -0.4 is 10.6 Å². The van der Waals surface area contributed by atoms with Crippen molar-refractivity contribution >= 4 is 23.8 Å². The molecule has 2 N–H and O–H groups in total. The van der Waals surface area contributed by atoms with Gasteiger partial charge in [0.25, 0.3) is 11.8 Å². The molecule has 150 valence electrons. The van der Waals surface area contributed by atoms with Crippen LogP contribution in [0.2, 0.25) is 0 Å². The minimum Gasteiger partial charge on any atom is -0.449 e. The molecule has 0 radical (unpaired) electrons. The highest BCUT2D eigenvalue weighted by Gasteiger charge is 2.28. The molecule has 0 aliphatic heterocycles. The molecule has 2 saturated carbocycles. The molecule has 2 fully saturated rings. The SMILES string of the molecule is CC(OC(=O)c1ccc(C(=O)OC(C)C(=O)NC2CC2)cc1)C(=O)NC1CC1. The van der Waals surface area contributed by atoms with Gasteiger partial charge in [0.15, 0.2) is 12.2 Å². The smallest absolute Gasteiger partial charge is 0.338 e. The summed E-state index contributed by atoms with van der Waals surface area (Å²) < 4.78 is 10.3. The fourth-order valence-corrected chi connectivity index (χ4v) is 2.40. The second kappa shape index (κ2) is 8.41. The first-order valence-electron chi connectivity index (χ1n) is 9.46. The molecule has 0 heterocycles. The van der Waals surface area contributed by atoms with Gasteiger partial charge in [-0.3, -0.25) is 9.59 Å². The zero-order chi connectivity index (χ0) is 20.3. The lowest BCUT2D eigenvalue weighted by Crippen LogP contribution is -2.37. The van der Waals surface area contributed by atoms with Gasteiger partial charge in [0.2, 0.25) is 0 Å². The Morgan fingerprint density at radius 1 is 0.750 bits per heavy atom. The molecule has 2 amide bonds. The third kappa shape index (κ3) is 5.55. The number of esters is 2. The van der Waals surface area contributed by atoms with Crippen LogP contribution >= 0.6 is 0 Å². The van der Waals surface area contributed by atoms with Gasteiger partial charge in [-0.2, -0.15) is 0 Å². The van der Waals surface area contributed by atoms with Crippen molar-refractivity contribution in [2.24, 2.45) is 0 Å². The van der Waals surface area contributed by atoms with Crippen molar-refractivity contribution in [2.75, 3.05) is 0 Å². The summed E-state index contributed by atoms with van der Waals surface area (Å²) in [6, 6.07) is 6.04. The number of nitrogens with one attached hydrogen (secondary N) is 2. The average molecular weight is 388 g/mol. The molecule has 8 heteroatoms. The summed E-state index contributed by atoms with van der Waals surface area (Å²) in [5, 5.41) is 5.53. The molecule has 0 spiro atoms. The summed E-state index contributed by atoms with van der Waals surface area (Å²) >= 11 is 0. The Morgan fingerprint density at radius 3 is 1.36 bits per heavy atom. The molecular formula is C20H24N2O6. The molecule has 3 rings (SSSR count). The van der Waals surface area contributed by atoms with Crippen LogP contribution in [0.1, 0.15) is 60.2 Å². The summed E-state index contributed by atoms with van der Waals surface area (Å²) in [6.45, 7) is 3.02. The molecule has 0 bridgehead atoms. The number of ether oxygens (including phenoxy) is 2. The molecule has 2 aliphatic carbocycles. The maximum absolute atomic E-state index is 12.1. The minimum absolute atomic E-state index is 0.188. The highest BCUT2D eigenvalue weighted by atomic mass is 16.6. The maximum Gasteiger partial charge on any atom is 0.338 e. The van der Waals surface area contributed by atoms with Crippen molar-refractivity contribution in [3.63, 3.8) is 0 Å². The Labute approximate surface area is 163 Å². The zero-order valence-electron chi connectivity index (χ0n) is 15.9. The van der Waals surface area contributed by atoms with Crippen molar-refractivity contribution in [3.8, 4) is 0 Å². The van der Waals surface area contributed by atoms with Crippen LogP contribution in [0.25, 0.3) is 0 Å². The van der Waals surface area contributed by atoms with Crippen LogP contribution in [0, 0.1) is 0 Å². The maximum atomic E-state index is 12.1. The van der Waals surface area contributed by atoms with Gasteiger partial charge in [-0.1, -0.05) is 0 Å². The van der Waals surface area contributed by atoms with Gasteiger partial charge >= 0.3 is 11.9 Å². The fraction of sp³-hybridized carbons (Fsp3) is 0.500. The van der Waals surface area contributed by atoms with Crippen molar-refractivity contribution in [1.82, 2.24) is 10.6 Å². The highest BCUT2D eigenvalue weighted by Crippen LogP contribution is 2.20. The van der Waals surface area contributed by atoms with Crippen molar-refractivity contribution in [2.45, 2.75) is 63.8 Å². The zero-order valence-corrected chi connectivity index (χ0v) is 15.9. The average Bonchev–Trinajstić information content (AvgIpc) is 3.58. The van der Waals surface area contributed by atoms with E-state index in [2.05, 4.69) is 10.6 Å². The Kier molecular flexibility index (Phi) is 5.96. The van der Waals surface area contributed by atoms with Crippen molar-refractivity contribution in [1.29, 1.82) is 0 Å². The molecule has 0 aromatic heterocycles. The van der Waals surface area contributed by atoms with Crippen LogP contribution in [0.15, 0.2) is 24.3 Å². The number of hydrogen-bond donors (Lipinski definition) is 2. The summed E-state index contributed by atoms with van der Waals surface area (Å²) in [4.78, 5) is 48.0. The van der Waals surface area contributed by atoms with Gasteiger partial charge < -0.3 is 20.1 Å². The molecule has 0 saturated heterocycles. The Hall–Kier alpha value is -2.90. The van der Waals surface area contributed by atoms with Gasteiger partial charge in [-0.05, 0) is 63.8 Å². The van der Waals surface area contributed by atoms with Crippen LogP contribution in [0.5, 0.6) is 0 Å². The van der Waals surface area contributed by atoms with E-state index >= 15 is 0 Å². The number of benzene rings is 1. The fourth-order valence-electron chi connectivity index (χ4n) is 2.40. The van der Waals surface area contributed by atoms with E-state index in [0.29, 0.717) is 0 Å². The number of carbonyl (C=O) groups excluding carboxylic acids is 4.